The first kappa shape index (κ1) is 21.1. The molecule has 2 aliphatic rings. The van der Waals surface area contributed by atoms with Crippen LogP contribution in [0.2, 0.25) is 5.02 Å². The third-order valence-corrected chi connectivity index (χ3v) is 8.19. The van der Waals surface area contributed by atoms with Crippen LogP contribution in [0.15, 0.2) is 77.7 Å². The molecule has 2 N–H and O–H groups in total. The van der Waals surface area contributed by atoms with Crippen molar-refractivity contribution >= 4 is 33.0 Å². The molecule has 32 heavy (non-hydrogen) atoms. The Morgan fingerprint density at radius 2 is 1.72 bits per heavy atom. The number of para-hydroxylation sites is 1. The molecule has 1 aliphatic heterocycles. The van der Waals surface area contributed by atoms with Crippen LogP contribution in [0.1, 0.15) is 40.6 Å². The lowest BCUT2D eigenvalue weighted by Crippen LogP contribution is -2.29. The highest BCUT2D eigenvalue weighted by molar-refractivity contribution is 7.92. The number of aryl methyl sites for hydroxylation is 2. The predicted octanol–water partition coefficient (Wildman–Crippen LogP) is 6.58. The number of sulfonamides is 1. The normalized spacial score (nSPS) is 21.5. The van der Waals surface area contributed by atoms with Crippen molar-refractivity contribution in [1.29, 1.82) is 0 Å². The van der Waals surface area contributed by atoms with Gasteiger partial charge in [0.25, 0.3) is 10.0 Å². The lowest BCUT2D eigenvalue weighted by atomic mass is 9.77. The number of benzene rings is 3. The Bertz CT molecular complexity index is 1300. The third kappa shape index (κ3) is 3.70. The van der Waals surface area contributed by atoms with E-state index in [4.69, 9.17) is 11.6 Å². The van der Waals surface area contributed by atoms with Gasteiger partial charge in [-0.25, -0.2) is 8.42 Å². The van der Waals surface area contributed by atoms with Gasteiger partial charge in [0.15, 0.2) is 0 Å². The molecule has 4 nitrogen and oxygen atoms in total. The molecule has 0 aromatic heterocycles. The zero-order chi connectivity index (χ0) is 22.5. The monoisotopic (exact) mass is 464 g/mol. The molecule has 3 aromatic carbocycles. The first-order chi connectivity index (χ1) is 15.3. The molecule has 164 valence electrons. The second-order valence-corrected chi connectivity index (χ2v) is 10.8. The molecule has 1 heterocycles. The largest absolute Gasteiger partial charge is 0.378 e. The highest BCUT2D eigenvalue weighted by Crippen LogP contribution is 2.50. The molecule has 0 bridgehead atoms. The molecule has 0 fully saturated rings. The molecule has 6 heteroatoms. The molecule has 0 spiro atoms. The van der Waals surface area contributed by atoms with Gasteiger partial charge >= 0.3 is 0 Å². The summed E-state index contributed by atoms with van der Waals surface area (Å²) in [5, 5.41) is 4.37. The Morgan fingerprint density at radius 3 is 2.44 bits per heavy atom. The smallest absolute Gasteiger partial charge is 0.261 e. The molecule has 1 aliphatic carbocycles. The van der Waals surface area contributed by atoms with Crippen LogP contribution < -0.4 is 10.0 Å². The zero-order valence-corrected chi connectivity index (χ0v) is 19.5. The maximum Gasteiger partial charge on any atom is 0.261 e. The van der Waals surface area contributed by atoms with Gasteiger partial charge < -0.3 is 5.32 Å². The van der Waals surface area contributed by atoms with E-state index in [9.17, 15) is 8.42 Å². The molecule has 0 saturated heterocycles. The van der Waals surface area contributed by atoms with Gasteiger partial charge in [0.1, 0.15) is 0 Å². The van der Waals surface area contributed by atoms with E-state index in [0.717, 1.165) is 33.8 Å². The minimum atomic E-state index is -3.71. The highest BCUT2D eigenvalue weighted by atomic mass is 35.5. The van der Waals surface area contributed by atoms with E-state index in [-0.39, 0.29) is 16.9 Å². The van der Waals surface area contributed by atoms with Gasteiger partial charge in [0, 0.05) is 16.6 Å². The highest BCUT2D eigenvalue weighted by Gasteiger charge is 2.38. The van der Waals surface area contributed by atoms with E-state index in [2.05, 4.69) is 34.3 Å². The van der Waals surface area contributed by atoms with Crippen LogP contribution in [0.4, 0.5) is 11.4 Å². The molecule has 0 amide bonds. The van der Waals surface area contributed by atoms with E-state index in [1.54, 1.807) is 6.07 Å². The summed E-state index contributed by atoms with van der Waals surface area (Å²) in [6.45, 7) is 3.82. The van der Waals surface area contributed by atoms with E-state index in [1.165, 1.54) is 5.56 Å². The van der Waals surface area contributed by atoms with Crippen LogP contribution >= 0.6 is 11.6 Å². The maximum absolute atomic E-state index is 13.2. The summed E-state index contributed by atoms with van der Waals surface area (Å²) in [6, 6.07) is 19.2. The Labute approximate surface area is 194 Å². The topological polar surface area (TPSA) is 58.2 Å². The lowest BCUT2D eigenvalue weighted by Gasteiger charge is -2.37. The second kappa shape index (κ2) is 7.98. The Balaban J connectivity index is 1.50. The van der Waals surface area contributed by atoms with E-state index >= 15 is 0 Å². The van der Waals surface area contributed by atoms with Crippen molar-refractivity contribution in [2.24, 2.45) is 5.92 Å². The van der Waals surface area contributed by atoms with E-state index in [0.29, 0.717) is 11.6 Å². The fraction of sp³-hybridized carbons (Fsp3) is 0.231. The predicted molar refractivity (Wildman–Crippen MR) is 131 cm³/mol. The molecular formula is C26H25ClN2O2S. The fourth-order valence-corrected chi connectivity index (χ4v) is 6.27. The summed E-state index contributed by atoms with van der Waals surface area (Å²) in [4.78, 5) is 0.282. The van der Waals surface area contributed by atoms with Crippen molar-refractivity contribution in [2.45, 2.75) is 37.1 Å². The average molecular weight is 465 g/mol. The van der Waals surface area contributed by atoms with Gasteiger partial charge in [-0.05, 0) is 78.8 Å². The summed E-state index contributed by atoms with van der Waals surface area (Å²) < 4.78 is 29.3. The van der Waals surface area contributed by atoms with Crippen molar-refractivity contribution < 1.29 is 8.42 Å². The Kier molecular flexibility index (Phi) is 5.26. The number of hydrogen-bond donors (Lipinski definition) is 2. The molecule has 0 radical (unpaired) electrons. The van der Waals surface area contributed by atoms with Crippen LogP contribution in [-0.4, -0.2) is 8.42 Å². The number of hydrogen-bond acceptors (Lipinski definition) is 3. The van der Waals surface area contributed by atoms with Crippen LogP contribution in [-0.2, 0) is 10.0 Å². The standard InChI is InChI=1S/C26H25ClN2O2S/c1-16-5-3-6-17(2)25(16)29-32(30,31)20-13-14-24-23(15-20)21-7-4-8-22(21)26(28-24)18-9-11-19(27)12-10-18/h3-7,9-15,21-22,26,28-29H,8H2,1-2H3/t21-,22+,26+/m1/s1. The number of nitrogens with one attached hydrogen (secondary N) is 2. The van der Waals surface area contributed by atoms with Crippen LogP contribution in [0.5, 0.6) is 0 Å². The fourth-order valence-electron chi connectivity index (χ4n) is 4.91. The Hall–Kier alpha value is -2.76. The van der Waals surface area contributed by atoms with Gasteiger partial charge in [-0.3, -0.25) is 4.72 Å². The van der Waals surface area contributed by atoms with Crippen molar-refractivity contribution in [3.05, 3.63) is 100 Å². The summed E-state index contributed by atoms with van der Waals surface area (Å²) in [5.41, 5.74) is 5.63. The van der Waals surface area contributed by atoms with Crippen LogP contribution in [0.3, 0.4) is 0 Å². The third-order valence-electron chi connectivity index (χ3n) is 6.59. The van der Waals surface area contributed by atoms with Crippen molar-refractivity contribution in [1.82, 2.24) is 0 Å². The number of allylic oxidation sites excluding steroid dienone is 2. The lowest BCUT2D eigenvalue weighted by molar-refractivity contribution is 0.425. The molecule has 3 atom stereocenters. The summed E-state index contributed by atoms with van der Waals surface area (Å²) in [7, 11) is -3.71. The minimum Gasteiger partial charge on any atom is -0.378 e. The minimum absolute atomic E-state index is 0.148. The van der Waals surface area contributed by atoms with Gasteiger partial charge in [-0.2, -0.15) is 0 Å². The van der Waals surface area contributed by atoms with Gasteiger partial charge in [-0.15, -0.1) is 0 Å². The van der Waals surface area contributed by atoms with Gasteiger partial charge in [0.05, 0.1) is 16.6 Å². The molecular weight excluding hydrogens is 440 g/mol. The summed E-state index contributed by atoms with van der Waals surface area (Å²) in [5.74, 6) is 0.496. The average Bonchev–Trinajstić information content (AvgIpc) is 3.26. The second-order valence-electron chi connectivity index (χ2n) is 8.65. The number of fused-ring (bicyclic) bond motifs is 3. The van der Waals surface area contributed by atoms with Gasteiger partial charge in [-0.1, -0.05) is 54.1 Å². The van der Waals surface area contributed by atoms with Gasteiger partial charge in [0.2, 0.25) is 0 Å². The Morgan fingerprint density at radius 1 is 1.00 bits per heavy atom. The SMILES string of the molecule is Cc1cccc(C)c1NS(=O)(=O)c1ccc2c(c1)[C@@H]1C=CC[C@@H]1[C@H](c1ccc(Cl)cc1)N2. The van der Waals surface area contributed by atoms with E-state index < -0.39 is 10.0 Å². The van der Waals surface area contributed by atoms with E-state index in [1.807, 2.05) is 56.3 Å². The summed E-state index contributed by atoms with van der Waals surface area (Å²) in [6.07, 6.45) is 5.36. The number of halogens is 1. The number of anilines is 2. The molecule has 0 unspecified atom stereocenters. The zero-order valence-electron chi connectivity index (χ0n) is 18.0. The molecule has 0 saturated carbocycles. The first-order valence-electron chi connectivity index (χ1n) is 10.7. The molecule has 3 aromatic rings. The molecule has 5 rings (SSSR count). The van der Waals surface area contributed by atoms with Crippen molar-refractivity contribution in [3.63, 3.8) is 0 Å². The van der Waals surface area contributed by atoms with Crippen molar-refractivity contribution in [2.75, 3.05) is 10.0 Å². The quantitative estimate of drug-likeness (QED) is 0.428. The van der Waals surface area contributed by atoms with Crippen LogP contribution in [0.25, 0.3) is 0 Å². The maximum atomic E-state index is 13.2. The summed E-state index contributed by atoms with van der Waals surface area (Å²) >= 11 is 6.08. The first-order valence-corrected chi connectivity index (χ1v) is 12.6. The van der Waals surface area contributed by atoms with Crippen LogP contribution in [0, 0.1) is 19.8 Å². The van der Waals surface area contributed by atoms with Crippen molar-refractivity contribution in [3.8, 4) is 0 Å². The number of rotatable bonds is 4.